The van der Waals surface area contributed by atoms with E-state index >= 15 is 0 Å². The number of hydrogen-bond acceptors (Lipinski definition) is 6. The molecular formula is C22H18F3N3O5S. The molecule has 0 aromatic heterocycles. The smallest absolute Gasteiger partial charge is 0.416 e. The summed E-state index contributed by atoms with van der Waals surface area (Å²) in [5.41, 5.74) is -0.546. The van der Waals surface area contributed by atoms with E-state index in [1.807, 2.05) is 12.1 Å². The third-order valence-corrected chi connectivity index (χ3v) is 6.26. The first-order chi connectivity index (χ1) is 16.0. The molecule has 2 aliphatic rings. The van der Waals surface area contributed by atoms with Gasteiger partial charge in [0, 0.05) is 4.90 Å². The largest absolute Gasteiger partial charge is 0.451 e. The number of halogens is 3. The third kappa shape index (κ3) is 4.72. The van der Waals surface area contributed by atoms with Crippen LogP contribution in [0.3, 0.4) is 0 Å². The molecule has 2 aromatic carbocycles. The van der Waals surface area contributed by atoms with E-state index in [2.05, 4.69) is 5.32 Å². The van der Waals surface area contributed by atoms with Gasteiger partial charge in [-0.3, -0.25) is 29.0 Å². The highest BCUT2D eigenvalue weighted by Gasteiger charge is 2.36. The highest BCUT2D eigenvalue weighted by molar-refractivity contribution is 8.00. The predicted molar refractivity (Wildman–Crippen MR) is 117 cm³/mol. The number of anilines is 3. The first-order valence-electron chi connectivity index (χ1n) is 10.1. The first-order valence-corrected chi connectivity index (χ1v) is 11.1. The van der Waals surface area contributed by atoms with Crippen LogP contribution in [-0.4, -0.2) is 48.6 Å². The topological polar surface area (TPSA) is 96.0 Å². The first kappa shape index (κ1) is 23.6. The van der Waals surface area contributed by atoms with Crippen LogP contribution in [0.15, 0.2) is 47.4 Å². The van der Waals surface area contributed by atoms with Gasteiger partial charge in [0.25, 0.3) is 5.91 Å². The van der Waals surface area contributed by atoms with Crippen molar-refractivity contribution in [2.45, 2.75) is 24.1 Å². The van der Waals surface area contributed by atoms with Gasteiger partial charge in [-0.15, -0.1) is 11.8 Å². The molecule has 0 aliphatic carbocycles. The van der Waals surface area contributed by atoms with Gasteiger partial charge in [0.2, 0.25) is 11.8 Å². The van der Waals surface area contributed by atoms with Crippen molar-refractivity contribution in [3.63, 3.8) is 0 Å². The van der Waals surface area contributed by atoms with Gasteiger partial charge in [-0.25, -0.2) is 0 Å². The second-order valence-corrected chi connectivity index (χ2v) is 8.59. The summed E-state index contributed by atoms with van der Waals surface area (Å²) in [7, 11) is 0. The summed E-state index contributed by atoms with van der Waals surface area (Å²) in [6, 6.07) is 9.66. The zero-order valence-electron chi connectivity index (χ0n) is 17.7. The number of rotatable bonds is 4. The molecule has 1 N–H and O–H groups in total. The second kappa shape index (κ2) is 9.01. The SMILES string of the molecule is CC(OC(=O)CN1C(=O)CSc2ccccc21)C(=O)N1CC(=O)Nc2cc(C(F)(F)F)ccc21. The molecule has 1 unspecified atom stereocenters. The van der Waals surface area contributed by atoms with Gasteiger partial charge >= 0.3 is 12.1 Å². The lowest BCUT2D eigenvalue weighted by Gasteiger charge is -2.32. The van der Waals surface area contributed by atoms with E-state index in [9.17, 15) is 32.3 Å². The molecule has 0 fully saturated rings. The minimum Gasteiger partial charge on any atom is -0.451 e. The third-order valence-electron chi connectivity index (χ3n) is 5.21. The van der Waals surface area contributed by atoms with Crippen molar-refractivity contribution in [1.82, 2.24) is 0 Å². The molecule has 2 aromatic rings. The van der Waals surface area contributed by atoms with E-state index in [0.29, 0.717) is 5.69 Å². The summed E-state index contributed by atoms with van der Waals surface area (Å²) < 4.78 is 44.3. The number of esters is 1. The maximum atomic E-state index is 13.0. The highest BCUT2D eigenvalue weighted by atomic mass is 32.2. The van der Waals surface area contributed by atoms with Crippen LogP contribution in [0.1, 0.15) is 12.5 Å². The van der Waals surface area contributed by atoms with Crippen molar-refractivity contribution < 1.29 is 37.1 Å². The number of alkyl halides is 3. The van der Waals surface area contributed by atoms with Crippen molar-refractivity contribution in [3.8, 4) is 0 Å². The lowest BCUT2D eigenvalue weighted by Crippen LogP contribution is -2.48. The fourth-order valence-corrected chi connectivity index (χ4v) is 4.56. The summed E-state index contributed by atoms with van der Waals surface area (Å²) in [5, 5.41) is 2.32. The number of thioether (sulfide) groups is 1. The molecule has 4 rings (SSSR count). The molecule has 12 heteroatoms. The standard InChI is InChI=1S/C22H18F3N3O5S/c1-12(33-20(31)10-27-16-4-2-3-5-17(16)34-11-19(27)30)21(32)28-9-18(29)26-14-8-13(22(23,24)25)6-7-15(14)28/h2-8,12H,9-11H2,1H3,(H,26,29). The number of fused-ring (bicyclic) bond motifs is 2. The number of nitrogens with one attached hydrogen (secondary N) is 1. The van der Waals surface area contributed by atoms with Gasteiger partial charge in [-0.1, -0.05) is 12.1 Å². The minimum absolute atomic E-state index is 0.0534. The van der Waals surface area contributed by atoms with Crippen molar-refractivity contribution >= 4 is 52.5 Å². The molecule has 8 nitrogen and oxygen atoms in total. The molecule has 178 valence electrons. The quantitative estimate of drug-likeness (QED) is 0.658. The highest BCUT2D eigenvalue weighted by Crippen LogP contribution is 2.37. The average Bonchev–Trinajstić information content (AvgIpc) is 2.78. The summed E-state index contributed by atoms with van der Waals surface area (Å²) in [6.07, 6.45) is -5.98. The van der Waals surface area contributed by atoms with Crippen molar-refractivity contribution in [2.75, 3.05) is 34.0 Å². The minimum atomic E-state index is -4.63. The van der Waals surface area contributed by atoms with Gasteiger partial charge in [0.1, 0.15) is 13.1 Å². The van der Waals surface area contributed by atoms with Crippen LogP contribution in [0.25, 0.3) is 0 Å². The number of hydrogen-bond donors (Lipinski definition) is 1. The summed E-state index contributed by atoms with van der Waals surface area (Å²) in [4.78, 5) is 52.9. The molecule has 2 aliphatic heterocycles. The molecule has 0 saturated carbocycles. The second-order valence-electron chi connectivity index (χ2n) is 7.57. The zero-order chi connectivity index (χ0) is 24.6. The number of carbonyl (C=O) groups is 4. The average molecular weight is 493 g/mol. The Morgan fingerprint density at radius 3 is 2.62 bits per heavy atom. The molecule has 3 amide bonds. The van der Waals surface area contributed by atoms with Gasteiger partial charge in [0.05, 0.1) is 28.4 Å². The number of benzene rings is 2. The Bertz CT molecular complexity index is 1190. The maximum absolute atomic E-state index is 13.0. The van der Waals surface area contributed by atoms with Crippen molar-refractivity contribution in [3.05, 3.63) is 48.0 Å². The lowest BCUT2D eigenvalue weighted by molar-refractivity contribution is -0.153. The summed E-state index contributed by atoms with van der Waals surface area (Å²) in [6.45, 7) is 0.423. The van der Waals surface area contributed by atoms with E-state index in [-0.39, 0.29) is 23.0 Å². The van der Waals surface area contributed by atoms with Crippen LogP contribution < -0.4 is 15.1 Å². The molecular weight excluding hydrogens is 475 g/mol. The Morgan fingerprint density at radius 2 is 1.88 bits per heavy atom. The Hall–Kier alpha value is -3.54. The van der Waals surface area contributed by atoms with Crippen LogP contribution >= 0.6 is 11.8 Å². The maximum Gasteiger partial charge on any atom is 0.416 e. The Labute approximate surface area is 196 Å². The number of para-hydroxylation sites is 1. The number of carbonyl (C=O) groups excluding carboxylic acids is 4. The number of nitrogens with zero attached hydrogens (tertiary/aromatic N) is 2. The molecule has 0 saturated heterocycles. The molecule has 0 spiro atoms. The molecule has 0 radical (unpaired) electrons. The number of amides is 3. The Balaban J connectivity index is 1.48. The van der Waals surface area contributed by atoms with E-state index < -0.39 is 48.7 Å². The molecule has 0 bridgehead atoms. The van der Waals surface area contributed by atoms with Crippen LogP contribution in [0.4, 0.5) is 30.2 Å². The molecule has 2 heterocycles. The number of ether oxygens (including phenoxy) is 1. The Morgan fingerprint density at radius 1 is 1.15 bits per heavy atom. The zero-order valence-corrected chi connectivity index (χ0v) is 18.5. The molecule has 34 heavy (non-hydrogen) atoms. The fraction of sp³-hybridized carbons (Fsp3) is 0.273. The van der Waals surface area contributed by atoms with E-state index in [1.165, 1.54) is 23.6 Å². The van der Waals surface area contributed by atoms with Crippen LogP contribution in [0.5, 0.6) is 0 Å². The van der Waals surface area contributed by atoms with Gasteiger partial charge in [0.15, 0.2) is 6.10 Å². The van der Waals surface area contributed by atoms with E-state index in [4.69, 9.17) is 4.74 Å². The van der Waals surface area contributed by atoms with Crippen LogP contribution in [0, 0.1) is 0 Å². The summed E-state index contributed by atoms with van der Waals surface area (Å²) in [5.74, 6) is -2.46. The monoisotopic (exact) mass is 493 g/mol. The predicted octanol–water partition coefficient (Wildman–Crippen LogP) is 3.06. The van der Waals surface area contributed by atoms with Gasteiger partial charge < -0.3 is 10.1 Å². The summed E-state index contributed by atoms with van der Waals surface area (Å²) >= 11 is 1.35. The van der Waals surface area contributed by atoms with Crippen molar-refractivity contribution in [2.24, 2.45) is 0 Å². The lowest BCUT2D eigenvalue weighted by atomic mass is 10.1. The fourth-order valence-electron chi connectivity index (χ4n) is 3.62. The van der Waals surface area contributed by atoms with Gasteiger partial charge in [-0.2, -0.15) is 13.2 Å². The van der Waals surface area contributed by atoms with E-state index in [0.717, 1.165) is 28.0 Å². The Kier molecular flexibility index (Phi) is 6.26. The van der Waals surface area contributed by atoms with Crippen LogP contribution in [0.2, 0.25) is 0 Å². The van der Waals surface area contributed by atoms with Crippen LogP contribution in [-0.2, 0) is 30.1 Å². The van der Waals surface area contributed by atoms with Gasteiger partial charge in [-0.05, 0) is 37.3 Å². The molecule has 1 atom stereocenters. The normalized spacial score (nSPS) is 16.4. The van der Waals surface area contributed by atoms with Crippen molar-refractivity contribution in [1.29, 1.82) is 0 Å². The van der Waals surface area contributed by atoms with E-state index in [1.54, 1.807) is 12.1 Å².